The molecule has 1 aliphatic carbocycles. The van der Waals surface area contributed by atoms with Crippen molar-refractivity contribution >= 4 is 11.6 Å². The number of halogens is 1. The molecular weight excluding hydrogens is 284 g/mol. The maximum Gasteiger partial charge on any atom is 0.136 e. The molecule has 1 heterocycles. The topological polar surface area (TPSA) is 35.0 Å². The summed E-state index contributed by atoms with van der Waals surface area (Å²) in [5.74, 6) is 1.67. The Bertz CT molecular complexity index is 625. The SMILES string of the molecule is COc1ccc(Cc2nc(Cl)c3c(n2)CCCCC3)cc1. The van der Waals surface area contributed by atoms with E-state index in [0.29, 0.717) is 11.6 Å². The first-order chi connectivity index (χ1) is 10.3. The van der Waals surface area contributed by atoms with Gasteiger partial charge in [0.2, 0.25) is 0 Å². The number of benzene rings is 1. The summed E-state index contributed by atoms with van der Waals surface area (Å²) in [6, 6.07) is 8.00. The zero-order chi connectivity index (χ0) is 14.7. The number of hydrogen-bond acceptors (Lipinski definition) is 3. The van der Waals surface area contributed by atoms with Gasteiger partial charge >= 0.3 is 0 Å². The van der Waals surface area contributed by atoms with Gasteiger partial charge < -0.3 is 4.74 Å². The van der Waals surface area contributed by atoms with Crippen LogP contribution in [-0.2, 0) is 19.3 Å². The Hall–Kier alpha value is -1.61. The molecule has 1 aromatic heterocycles. The van der Waals surface area contributed by atoms with E-state index < -0.39 is 0 Å². The van der Waals surface area contributed by atoms with Crippen LogP contribution in [0.25, 0.3) is 0 Å². The fourth-order valence-corrected chi connectivity index (χ4v) is 3.08. The largest absolute Gasteiger partial charge is 0.497 e. The maximum absolute atomic E-state index is 6.36. The van der Waals surface area contributed by atoms with E-state index >= 15 is 0 Å². The molecule has 0 radical (unpaired) electrons. The van der Waals surface area contributed by atoms with Crippen LogP contribution in [0.1, 0.15) is 41.9 Å². The van der Waals surface area contributed by atoms with Crippen molar-refractivity contribution in [3.05, 3.63) is 52.1 Å². The van der Waals surface area contributed by atoms with Gasteiger partial charge in [0.1, 0.15) is 16.7 Å². The summed E-state index contributed by atoms with van der Waals surface area (Å²) in [4.78, 5) is 9.23. The molecule has 4 heteroatoms. The van der Waals surface area contributed by atoms with E-state index in [1.807, 2.05) is 24.3 Å². The van der Waals surface area contributed by atoms with Gasteiger partial charge in [-0.15, -0.1) is 0 Å². The lowest BCUT2D eigenvalue weighted by Crippen LogP contribution is -2.05. The summed E-state index contributed by atoms with van der Waals surface area (Å²) in [5, 5.41) is 0.644. The molecule has 0 bridgehead atoms. The number of hydrogen-bond donors (Lipinski definition) is 0. The average Bonchev–Trinajstić information content (AvgIpc) is 2.74. The maximum atomic E-state index is 6.36. The van der Waals surface area contributed by atoms with Gasteiger partial charge in [0, 0.05) is 17.7 Å². The molecule has 1 aromatic carbocycles. The number of aromatic nitrogens is 2. The van der Waals surface area contributed by atoms with E-state index in [2.05, 4.69) is 4.98 Å². The van der Waals surface area contributed by atoms with Gasteiger partial charge in [-0.05, 0) is 43.4 Å². The molecular formula is C17H19ClN2O. The Morgan fingerprint density at radius 1 is 1.05 bits per heavy atom. The van der Waals surface area contributed by atoms with Crippen molar-refractivity contribution in [2.75, 3.05) is 7.11 Å². The molecule has 0 N–H and O–H groups in total. The highest BCUT2D eigenvalue weighted by molar-refractivity contribution is 6.30. The third-order valence-corrected chi connectivity index (χ3v) is 4.26. The lowest BCUT2D eigenvalue weighted by Gasteiger charge is -2.10. The van der Waals surface area contributed by atoms with Gasteiger partial charge in [0.05, 0.1) is 7.11 Å². The summed E-state index contributed by atoms with van der Waals surface area (Å²) in [6.07, 6.45) is 6.37. The molecule has 3 nitrogen and oxygen atoms in total. The molecule has 0 amide bonds. The minimum Gasteiger partial charge on any atom is -0.497 e. The Kier molecular flexibility index (Phi) is 4.39. The monoisotopic (exact) mass is 302 g/mol. The molecule has 3 rings (SSSR count). The van der Waals surface area contributed by atoms with Crippen molar-refractivity contribution in [1.29, 1.82) is 0 Å². The van der Waals surface area contributed by atoms with Crippen molar-refractivity contribution in [2.45, 2.75) is 38.5 Å². The van der Waals surface area contributed by atoms with Crippen molar-refractivity contribution in [3.8, 4) is 5.75 Å². The summed E-state index contributed by atoms with van der Waals surface area (Å²) in [7, 11) is 1.67. The van der Waals surface area contributed by atoms with Crippen molar-refractivity contribution in [3.63, 3.8) is 0 Å². The molecule has 110 valence electrons. The predicted octanol–water partition coefficient (Wildman–Crippen LogP) is 4.00. The minimum atomic E-state index is 0.644. The van der Waals surface area contributed by atoms with Crippen LogP contribution in [0.4, 0.5) is 0 Å². The van der Waals surface area contributed by atoms with Gasteiger partial charge in [-0.1, -0.05) is 30.2 Å². The third-order valence-electron chi connectivity index (χ3n) is 3.95. The normalized spacial score (nSPS) is 14.4. The molecule has 0 aliphatic heterocycles. The van der Waals surface area contributed by atoms with Crippen LogP contribution < -0.4 is 4.74 Å². The van der Waals surface area contributed by atoms with E-state index in [1.54, 1.807) is 7.11 Å². The Labute approximate surface area is 130 Å². The van der Waals surface area contributed by atoms with E-state index in [4.69, 9.17) is 21.3 Å². The van der Waals surface area contributed by atoms with Crippen molar-refractivity contribution in [1.82, 2.24) is 9.97 Å². The van der Waals surface area contributed by atoms with Crippen LogP contribution in [0.15, 0.2) is 24.3 Å². The van der Waals surface area contributed by atoms with Crippen molar-refractivity contribution < 1.29 is 4.74 Å². The number of nitrogens with zero attached hydrogens (tertiary/aromatic N) is 2. The van der Waals surface area contributed by atoms with Gasteiger partial charge in [0.25, 0.3) is 0 Å². The molecule has 0 atom stereocenters. The number of fused-ring (bicyclic) bond motifs is 1. The molecule has 0 fully saturated rings. The lowest BCUT2D eigenvalue weighted by atomic mass is 10.1. The first-order valence-electron chi connectivity index (χ1n) is 7.43. The average molecular weight is 303 g/mol. The molecule has 21 heavy (non-hydrogen) atoms. The van der Waals surface area contributed by atoms with Gasteiger partial charge in [-0.25, -0.2) is 9.97 Å². The number of ether oxygens (including phenoxy) is 1. The Morgan fingerprint density at radius 3 is 2.57 bits per heavy atom. The van der Waals surface area contributed by atoms with Gasteiger partial charge in [0.15, 0.2) is 0 Å². The van der Waals surface area contributed by atoms with Crippen LogP contribution in [0, 0.1) is 0 Å². The standard InChI is InChI=1S/C17H19ClN2O/c1-21-13-9-7-12(8-10-13)11-16-19-15-6-4-2-3-5-14(15)17(18)20-16/h7-10H,2-6,11H2,1H3. The number of methoxy groups -OCH3 is 1. The third kappa shape index (κ3) is 3.35. The van der Waals surface area contributed by atoms with Crippen LogP contribution in [-0.4, -0.2) is 17.1 Å². The fraction of sp³-hybridized carbons (Fsp3) is 0.412. The van der Waals surface area contributed by atoms with Crippen molar-refractivity contribution in [2.24, 2.45) is 0 Å². The molecule has 0 unspecified atom stereocenters. The highest BCUT2D eigenvalue weighted by Crippen LogP contribution is 2.25. The molecule has 0 saturated carbocycles. The zero-order valence-electron chi connectivity index (χ0n) is 12.2. The molecule has 1 aliphatic rings. The first-order valence-corrected chi connectivity index (χ1v) is 7.81. The van der Waals surface area contributed by atoms with Crippen LogP contribution in [0.5, 0.6) is 5.75 Å². The van der Waals surface area contributed by atoms with Gasteiger partial charge in [-0.3, -0.25) is 0 Å². The van der Waals surface area contributed by atoms with E-state index in [1.165, 1.54) is 24.8 Å². The summed E-state index contributed by atoms with van der Waals surface area (Å²) in [6.45, 7) is 0. The van der Waals surface area contributed by atoms with Crippen LogP contribution in [0.2, 0.25) is 5.15 Å². The predicted molar refractivity (Wildman–Crippen MR) is 84.1 cm³/mol. The smallest absolute Gasteiger partial charge is 0.136 e. The van der Waals surface area contributed by atoms with E-state index in [0.717, 1.165) is 35.7 Å². The molecule has 0 spiro atoms. The lowest BCUT2D eigenvalue weighted by molar-refractivity contribution is 0.414. The van der Waals surface area contributed by atoms with Gasteiger partial charge in [-0.2, -0.15) is 0 Å². The second-order valence-electron chi connectivity index (χ2n) is 5.44. The summed E-state index contributed by atoms with van der Waals surface area (Å²) < 4.78 is 5.17. The first kappa shape index (κ1) is 14.3. The summed E-state index contributed by atoms with van der Waals surface area (Å²) >= 11 is 6.36. The minimum absolute atomic E-state index is 0.644. The Morgan fingerprint density at radius 2 is 1.81 bits per heavy atom. The Balaban J connectivity index is 1.85. The molecule has 2 aromatic rings. The van der Waals surface area contributed by atoms with Crippen LogP contribution >= 0.6 is 11.6 Å². The number of rotatable bonds is 3. The van der Waals surface area contributed by atoms with Crippen LogP contribution in [0.3, 0.4) is 0 Å². The second-order valence-corrected chi connectivity index (χ2v) is 5.80. The fourth-order valence-electron chi connectivity index (χ4n) is 2.78. The second kappa shape index (κ2) is 6.44. The van der Waals surface area contributed by atoms with E-state index in [9.17, 15) is 0 Å². The highest BCUT2D eigenvalue weighted by atomic mass is 35.5. The zero-order valence-corrected chi connectivity index (χ0v) is 13.0. The number of aryl methyl sites for hydroxylation is 1. The molecule has 0 saturated heterocycles. The quantitative estimate of drug-likeness (QED) is 0.635. The van der Waals surface area contributed by atoms with E-state index in [-0.39, 0.29) is 0 Å². The summed E-state index contributed by atoms with van der Waals surface area (Å²) in [5.41, 5.74) is 3.48. The highest BCUT2D eigenvalue weighted by Gasteiger charge is 2.15.